The Morgan fingerprint density at radius 2 is 2.00 bits per heavy atom. The lowest BCUT2D eigenvalue weighted by Gasteiger charge is -2.04. The molecular formula is C20H19FN4OS. The Kier molecular flexibility index (Phi) is 5.61. The van der Waals surface area contributed by atoms with Crippen LogP contribution in [0, 0.1) is 12.7 Å². The van der Waals surface area contributed by atoms with Crippen molar-refractivity contribution in [2.75, 3.05) is 6.54 Å². The first-order chi connectivity index (χ1) is 13.0. The SMILES string of the molecule is CCNC(=S)N/N=C\c1c(C)c(C(=O)c2ccc(F)cc2)n2ccccc12. The van der Waals surface area contributed by atoms with Crippen LogP contribution >= 0.6 is 12.2 Å². The highest BCUT2D eigenvalue weighted by molar-refractivity contribution is 7.80. The fraction of sp³-hybridized carbons (Fsp3) is 0.150. The number of nitrogens with zero attached hydrogens (tertiary/aromatic N) is 2. The van der Waals surface area contributed by atoms with E-state index < -0.39 is 0 Å². The van der Waals surface area contributed by atoms with Crippen molar-refractivity contribution >= 4 is 34.8 Å². The van der Waals surface area contributed by atoms with E-state index in [1.165, 1.54) is 24.3 Å². The first-order valence-electron chi connectivity index (χ1n) is 8.49. The molecule has 0 saturated carbocycles. The number of halogens is 1. The summed E-state index contributed by atoms with van der Waals surface area (Å²) in [6, 6.07) is 11.2. The number of thiocarbonyl (C=S) groups is 1. The first kappa shape index (κ1) is 18.7. The highest BCUT2D eigenvalue weighted by Crippen LogP contribution is 2.24. The van der Waals surface area contributed by atoms with Gasteiger partial charge in [-0.25, -0.2) is 4.39 Å². The molecule has 0 spiro atoms. The molecule has 3 rings (SSSR count). The zero-order valence-corrected chi connectivity index (χ0v) is 15.8. The summed E-state index contributed by atoms with van der Waals surface area (Å²) < 4.78 is 15.0. The summed E-state index contributed by atoms with van der Waals surface area (Å²) >= 11 is 5.09. The van der Waals surface area contributed by atoms with Gasteiger partial charge in [-0.05, 0) is 68.0 Å². The number of rotatable bonds is 5. The lowest BCUT2D eigenvalue weighted by Crippen LogP contribution is -2.31. The Morgan fingerprint density at radius 1 is 1.26 bits per heavy atom. The highest BCUT2D eigenvalue weighted by atomic mass is 32.1. The lowest BCUT2D eigenvalue weighted by molar-refractivity contribution is 0.103. The molecule has 0 saturated heterocycles. The minimum Gasteiger partial charge on any atom is -0.362 e. The molecule has 0 radical (unpaired) electrons. The van der Waals surface area contributed by atoms with Gasteiger partial charge < -0.3 is 9.72 Å². The normalized spacial score (nSPS) is 11.1. The Morgan fingerprint density at radius 3 is 2.70 bits per heavy atom. The van der Waals surface area contributed by atoms with Gasteiger partial charge in [0, 0.05) is 23.9 Å². The Bertz CT molecular complexity index is 1020. The molecule has 138 valence electrons. The van der Waals surface area contributed by atoms with Crippen molar-refractivity contribution in [3.8, 4) is 0 Å². The van der Waals surface area contributed by atoms with E-state index in [-0.39, 0.29) is 11.6 Å². The number of hydrogen-bond acceptors (Lipinski definition) is 3. The number of aromatic nitrogens is 1. The molecule has 0 fully saturated rings. The van der Waals surface area contributed by atoms with Crippen molar-refractivity contribution in [2.24, 2.45) is 5.10 Å². The summed E-state index contributed by atoms with van der Waals surface area (Å²) in [4.78, 5) is 13.0. The van der Waals surface area contributed by atoms with E-state index in [0.29, 0.717) is 22.9 Å². The quantitative estimate of drug-likeness (QED) is 0.307. The summed E-state index contributed by atoms with van der Waals surface area (Å²) in [6.45, 7) is 4.51. The average molecular weight is 382 g/mol. The van der Waals surface area contributed by atoms with Crippen LogP contribution in [0.4, 0.5) is 4.39 Å². The van der Waals surface area contributed by atoms with E-state index in [2.05, 4.69) is 15.8 Å². The second-order valence-electron chi connectivity index (χ2n) is 5.91. The molecule has 0 amide bonds. The molecule has 0 aliphatic heterocycles. The van der Waals surface area contributed by atoms with Crippen LogP contribution in [0.25, 0.3) is 5.52 Å². The number of hydrogen-bond donors (Lipinski definition) is 2. The molecule has 0 aliphatic carbocycles. The molecule has 7 heteroatoms. The second kappa shape index (κ2) is 8.09. The van der Waals surface area contributed by atoms with E-state index in [9.17, 15) is 9.18 Å². The molecule has 2 aromatic heterocycles. The van der Waals surface area contributed by atoms with Crippen LogP contribution in [0.1, 0.15) is 34.1 Å². The van der Waals surface area contributed by atoms with Crippen LogP contribution in [0.5, 0.6) is 0 Å². The third-order valence-electron chi connectivity index (χ3n) is 4.15. The van der Waals surface area contributed by atoms with Crippen molar-refractivity contribution in [1.29, 1.82) is 0 Å². The minimum absolute atomic E-state index is 0.176. The largest absolute Gasteiger partial charge is 0.362 e. The molecule has 5 nitrogen and oxygen atoms in total. The maximum absolute atomic E-state index is 13.2. The van der Waals surface area contributed by atoms with Crippen LogP contribution in [0.3, 0.4) is 0 Å². The fourth-order valence-electron chi connectivity index (χ4n) is 2.89. The molecule has 27 heavy (non-hydrogen) atoms. The van der Waals surface area contributed by atoms with Gasteiger partial charge in [-0.1, -0.05) is 6.07 Å². The van der Waals surface area contributed by atoms with E-state index in [1.807, 2.05) is 42.6 Å². The van der Waals surface area contributed by atoms with Crippen molar-refractivity contribution < 1.29 is 9.18 Å². The molecular weight excluding hydrogens is 363 g/mol. The molecule has 0 bridgehead atoms. The number of carbonyl (C=O) groups is 1. The number of benzene rings is 1. The molecule has 1 aromatic carbocycles. The van der Waals surface area contributed by atoms with Gasteiger partial charge in [0.2, 0.25) is 5.78 Å². The van der Waals surface area contributed by atoms with Crippen LogP contribution in [0.15, 0.2) is 53.8 Å². The zero-order valence-electron chi connectivity index (χ0n) is 15.0. The van der Waals surface area contributed by atoms with Crippen LogP contribution in [-0.2, 0) is 0 Å². The van der Waals surface area contributed by atoms with Gasteiger partial charge in [0.15, 0.2) is 5.11 Å². The smallest absolute Gasteiger partial charge is 0.210 e. The van der Waals surface area contributed by atoms with Gasteiger partial charge in [0.25, 0.3) is 0 Å². The summed E-state index contributed by atoms with van der Waals surface area (Å²) in [5.41, 5.74) is 6.15. The fourth-order valence-corrected chi connectivity index (χ4v) is 3.09. The van der Waals surface area contributed by atoms with Crippen molar-refractivity contribution in [1.82, 2.24) is 15.1 Å². The predicted molar refractivity (Wildman–Crippen MR) is 109 cm³/mol. The van der Waals surface area contributed by atoms with E-state index >= 15 is 0 Å². The van der Waals surface area contributed by atoms with Gasteiger partial charge in [-0.3, -0.25) is 10.2 Å². The Balaban J connectivity index is 2.03. The summed E-state index contributed by atoms with van der Waals surface area (Å²) in [6.07, 6.45) is 3.48. The van der Waals surface area contributed by atoms with Gasteiger partial charge >= 0.3 is 0 Å². The number of nitrogens with one attached hydrogen (secondary N) is 2. The number of fused-ring (bicyclic) bond motifs is 1. The second-order valence-corrected chi connectivity index (χ2v) is 6.32. The van der Waals surface area contributed by atoms with E-state index in [0.717, 1.165) is 16.6 Å². The number of carbonyl (C=O) groups excluding carboxylic acids is 1. The standard InChI is InChI=1S/C20H19FN4OS/c1-3-22-20(27)24-23-12-16-13(2)18(25-11-5-4-6-17(16)25)19(26)14-7-9-15(21)10-8-14/h4-12H,3H2,1-2H3,(H2,22,24,27)/b23-12-. The molecule has 3 aromatic rings. The maximum atomic E-state index is 13.2. The number of ketones is 1. The van der Waals surface area contributed by atoms with Crippen molar-refractivity contribution in [2.45, 2.75) is 13.8 Å². The van der Waals surface area contributed by atoms with Gasteiger partial charge in [0.05, 0.1) is 17.4 Å². The van der Waals surface area contributed by atoms with Gasteiger partial charge in [0.1, 0.15) is 5.82 Å². The average Bonchev–Trinajstić information content (AvgIpc) is 2.94. The van der Waals surface area contributed by atoms with E-state index in [4.69, 9.17) is 12.2 Å². The minimum atomic E-state index is -0.376. The van der Waals surface area contributed by atoms with E-state index in [1.54, 1.807) is 6.21 Å². The van der Waals surface area contributed by atoms with Crippen LogP contribution < -0.4 is 10.7 Å². The maximum Gasteiger partial charge on any atom is 0.210 e. The number of pyridine rings is 1. The van der Waals surface area contributed by atoms with Crippen molar-refractivity contribution in [3.63, 3.8) is 0 Å². The topological polar surface area (TPSA) is 57.9 Å². The monoisotopic (exact) mass is 382 g/mol. The lowest BCUT2D eigenvalue weighted by atomic mass is 10.0. The first-order valence-corrected chi connectivity index (χ1v) is 8.90. The van der Waals surface area contributed by atoms with Gasteiger partial charge in [-0.2, -0.15) is 5.10 Å². The molecule has 2 N–H and O–H groups in total. The van der Waals surface area contributed by atoms with Gasteiger partial charge in [-0.15, -0.1) is 0 Å². The number of hydrazone groups is 1. The predicted octanol–water partition coefficient (Wildman–Crippen LogP) is 3.44. The molecule has 0 atom stereocenters. The third-order valence-corrected chi connectivity index (χ3v) is 4.39. The Hall–Kier alpha value is -3.06. The highest BCUT2D eigenvalue weighted by Gasteiger charge is 2.20. The van der Waals surface area contributed by atoms with Crippen LogP contribution in [0.2, 0.25) is 0 Å². The Labute approximate surface area is 161 Å². The summed E-state index contributed by atoms with van der Waals surface area (Å²) in [7, 11) is 0. The molecule has 0 unspecified atom stereocenters. The summed E-state index contributed by atoms with van der Waals surface area (Å²) in [5, 5.41) is 7.55. The third kappa shape index (κ3) is 3.88. The molecule has 2 heterocycles. The molecule has 0 aliphatic rings. The van der Waals surface area contributed by atoms with Crippen molar-refractivity contribution in [3.05, 3.63) is 76.9 Å². The zero-order chi connectivity index (χ0) is 19.4. The van der Waals surface area contributed by atoms with Crippen LogP contribution in [-0.4, -0.2) is 28.1 Å². The summed E-state index contributed by atoms with van der Waals surface area (Å²) in [5.74, 6) is -0.552.